The SMILES string of the molecule is CC1CN(c2ccc(C#N)nn2)CC(C)O1. The van der Waals surface area contributed by atoms with Gasteiger partial charge in [-0.05, 0) is 26.0 Å². The summed E-state index contributed by atoms with van der Waals surface area (Å²) in [5.74, 6) is 0.806. The summed E-state index contributed by atoms with van der Waals surface area (Å²) < 4.78 is 5.64. The molecule has 1 aliphatic rings. The van der Waals surface area contributed by atoms with E-state index in [9.17, 15) is 0 Å². The van der Waals surface area contributed by atoms with Gasteiger partial charge in [-0.25, -0.2) is 0 Å². The van der Waals surface area contributed by atoms with Gasteiger partial charge in [0.2, 0.25) is 0 Å². The van der Waals surface area contributed by atoms with Crippen LogP contribution < -0.4 is 4.90 Å². The molecule has 0 amide bonds. The third-order valence-corrected chi connectivity index (χ3v) is 2.51. The first kappa shape index (κ1) is 10.8. The summed E-state index contributed by atoms with van der Waals surface area (Å²) in [6, 6.07) is 5.48. The normalized spacial score (nSPS) is 25.2. The van der Waals surface area contributed by atoms with Gasteiger partial charge in [0.25, 0.3) is 0 Å². The Morgan fingerprint density at radius 1 is 1.31 bits per heavy atom. The number of anilines is 1. The fraction of sp³-hybridized carbons (Fsp3) is 0.545. The lowest BCUT2D eigenvalue weighted by Crippen LogP contribution is -2.45. The number of morpholine rings is 1. The summed E-state index contributed by atoms with van der Waals surface area (Å²) >= 11 is 0. The zero-order valence-electron chi connectivity index (χ0n) is 9.42. The zero-order valence-corrected chi connectivity index (χ0v) is 9.42. The topological polar surface area (TPSA) is 62.0 Å². The number of aromatic nitrogens is 2. The molecule has 84 valence electrons. The molecule has 0 bridgehead atoms. The average Bonchev–Trinajstić information content (AvgIpc) is 2.28. The minimum absolute atomic E-state index is 0.196. The maximum absolute atomic E-state index is 8.64. The second kappa shape index (κ2) is 4.45. The fourth-order valence-corrected chi connectivity index (χ4v) is 1.92. The predicted octanol–water partition coefficient (Wildman–Crippen LogP) is 0.962. The summed E-state index contributed by atoms with van der Waals surface area (Å²) in [5.41, 5.74) is 0.345. The van der Waals surface area contributed by atoms with Gasteiger partial charge < -0.3 is 9.64 Å². The minimum atomic E-state index is 0.196. The monoisotopic (exact) mass is 218 g/mol. The molecule has 5 heteroatoms. The molecule has 2 atom stereocenters. The molecule has 2 rings (SSSR count). The van der Waals surface area contributed by atoms with Crippen molar-refractivity contribution in [3.8, 4) is 6.07 Å². The number of hydrogen-bond donors (Lipinski definition) is 0. The highest BCUT2D eigenvalue weighted by molar-refractivity contribution is 5.39. The number of hydrogen-bond acceptors (Lipinski definition) is 5. The smallest absolute Gasteiger partial charge is 0.163 e. The number of rotatable bonds is 1. The molecule has 1 aromatic rings. The standard InChI is InChI=1S/C11H14N4O/c1-8-6-15(7-9(2)16-8)11-4-3-10(5-12)13-14-11/h3-4,8-9H,6-7H2,1-2H3. The first-order chi connectivity index (χ1) is 7.69. The lowest BCUT2D eigenvalue weighted by atomic mass is 10.2. The van der Waals surface area contributed by atoms with E-state index in [0.29, 0.717) is 5.69 Å². The second-order valence-electron chi connectivity index (χ2n) is 4.05. The Morgan fingerprint density at radius 3 is 2.50 bits per heavy atom. The van der Waals surface area contributed by atoms with E-state index in [1.807, 2.05) is 26.0 Å². The van der Waals surface area contributed by atoms with E-state index < -0.39 is 0 Å². The molecule has 1 aliphatic heterocycles. The highest BCUT2D eigenvalue weighted by Crippen LogP contribution is 2.17. The lowest BCUT2D eigenvalue weighted by Gasteiger charge is -2.35. The third kappa shape index (κ3) is 2.28. The zero-order chi connectivity index (χ0) is 11.5. The van der Waals surface area contributed by atoms with Crippen molar-refractivity contribution in [2.24, 2.45) is 0 Å². The van der Waals surface area contributed by atoms with Gasteiger partial charge in [-0.15, -0.1) is 10.2 Å². The molecule has 0 radical (unpaired) electrons. The Labute approximate surface area is 94.7 Å². The molecule has 5 nitrogen and oxygen atoms in total. The van der Waals surface area contributed by atoms with Crippen LogP contribution in [0.4, 0.5) is 5.82 Å². The molecular weight excluding hydrogens is 204 g/mol. The summed E-state index contributed by atoms with van der Waals surface area (Å²) in [4.78, 5) is 2.13. The van der Waals surface area contributed by atoms with E-state index in [2.05, 4.69) is 15.1 Å². The second-order valence-corrected chi connectivity index (χ2v) is 4.05. The predicted molar refractivity (Wildman–Crippen MR) is 59.0 cm³/mol. The molecule has 1 aromatic heterocycles. The Kier molecular flexibility index (Phi) is 3.02. The van der Waals surface area contributed by atoms with Crippen LogP contribution in [0, 0.1) is 11.3 Å². The van der Waals surface area contributed by atoms with Crippen molar-refractivity contribution in [3.63, 3.8) is 0 Å². The first-order valence-corrected chi connectivity index (χ1v) is 5.33. The van der Waals surface area contributed by atoms with E-state index in [4.69, 9.17) is 10.00 Å². The fourth-order valence-electron chi connectivity index (χ4n) is 1.92. The van der Waals surface area contributed by atoms with Crippen molar-refractivity contribution >= 4 is 5.82 Å². The van der Waals surface area contributed by atoms with Gasteiger partial charge in [-0.2, -0.15) is 5.26 Å². The largest absolute Gasteiger partial charge is 0.372 e. The van der Waals surface area contributed by atoms with Crippen molar-refractivity contribution in [1.29, 1.82) is 5.26 Å². The number of nitrogens with zero attached hydrogens (tertiary/aromatic N) is 4. The van der Waals surface area contributed by atoms with E-state index in [0.717, 1.165) is 18.9 Å². The molecule has 0 N–H and O–H groups in total. The molecule has 16 heavy (non-hydrogen) atoms. The Bertz CT molecular complexity index is 387. The molecule has 0 aromatic carbocycles. The quantitative estimate of drug-likeness (QED) is 0.702. The van der Waals surface area contributed by atoms with Crippen LogP contribution in [0.5, 0.6) is 0 Å². The molecule has 1 saturated heterocycles. The highest BCUT2D eigenvalue weighted by atomic mass is 16.5. The van der Waals surface area contributed by atoms with Gasteiger partial charge in [0.05, 0.1) is 12.2 Å². The van der Waals surface area contributed by atoms with E-state index in [1.165, 1.54) is 0 Å². The van der Waals surface area contributed by atoms with Crippen LogP contribution in [0.2, 0.25) is 0 Å². The van der Waals surface area contributed by atoms with Crippen LogP contribution >= 0.6 is 0 Å². The van der Waals surface area contributed by atoms with Gasteiger partial charge in [-0.3, -0.25) is 0 Å². The molecular formula is C11H14N4O. The van der Waals surface area contributed by atoms with E-state index >= 15 is 0 Å². The van der Waals surface area contributed by atoms with Crippen molar-refractivity contribution in [1.82, 2.24) is 10.2 Å². The summed E-state index contributed by atoms with van der Waals surface area (Å²) in [5, 5.41) is 16.5. The summed E-state index contributed by atoms with van der Waals surface area (Å²) in [6.45, 7) is 5.70. The van der Waals surface area contributed by atoms with Crippen LogP contribution in [-0.2, 0) is 4.74 Å². The van der Waals surface area contributed by atoms with Crippen molar-refractivity contribution in [2.75, 3.05) is 18.0 Å². The van der Waals surface area contributed by atoms with E-state index in [1.54, 1.807) is 6.07 Å². The molecule has 1 fully saturated rings. The average molecular weight is 218 g/mol. The van der Waals surface area contributed by atoms with Gasteiger partial charge in [0, 0.05) is 13.1 Å². The number of ether oxygens (including phenoxy) is 1. The Hall–Kier alpha value is -1.67. The molecule has 2 heterocycles. The lowest BCUT2D eigenvalue weighted by molar-refractivity contribution is -0.00550. The van der Waals surface area contributed by atoms with Gasteiger partial charge in [-0.1, -0.05) is 0 Å². The number of nitriles is 1. The maximum Gasteiger partial charge on any atom is 0.163 e. The van der Waals surface area contributed by atoms with Gasteiger partial charge >= 0.3 is 0 Å². The summed E-state index contributed by atoms with van der Waals surface area (Å²) in [6.07, 6.45) is 0.391. The molecule has 2 unspecified atom stereocenters. The van der Waals surface area contributed by atoms with Crippen LogP contribution in [0.3, 0.4) is 0 Å². The van der Waals surface area contributed by atoms with Gasteiger partial charge in [0.15, 0.2) is 11.5 Å². The van der Waals surface area contributed by atoms with Crippen molar-refractivity contribution in [2.45, 2.75) is 26.1 Å². The summed E-state index contributed by atoms with van der Waals surface area (Å²) in [7, 11) is 0. The van der Waals surface area contributed by atoms with E-state index in [-0.39, 0.29) is 12.2 Å². The van der Waals surface area contributed by atoms with Crippen LogP contribution in [0.15, 0.2) is 12.1 Å². The molecule has 0 aliphatic carbocycles. The van der Waals surface area contributed by atoms with Gasteiger partial charge in [0.1, 0.15) is 6.07 Å². The third-order valence-electron chi connectivity index (χ3n) is 2.51. The van der Waals surface area contributed by atoms with Crippen LogP contribution in [0.1, 0.15) is 19.5 Å². The van der Waals surface area contributed by atoms with Crippen LogP contribution in [0.25, 0.3) is 0 Å². The van der Waals surface area contributed by atoms with Crippen LogP contribution in [-0.4, -0.2) is 35.5 Å². The molecule has 0 saturated carbocycles. The van der Waals surface area contributed by atoms with Crippen molar-refractivity contribution in [3.05, 3.63) is 17.8 Å². The Balaban J connectivity index is 2.14. The maximum atomic E-state index is 8.64. The Morgan fingerprint density at radius 2 is 2.00 bits per heavy atom. The minimum Gasteiger partial charge on any atom is -0.372 e. The molecule has 0 spiro atoms. The highest BCUT2D eigenvalue weighted by Gasteiger charge is 2.23. The first-order valence-electron chi connectivity index (χ1n) is 5.33. The van der Waals surface area contributed by atoms with Crippen molar-refractivity contribution < 1.29 is 4.74 Å².